The van der Waals surface area contributed by atoms with Gasteiger partial charge in [0.2, 0.25) is 5.91 Å². The molecule has 5 aromatic rings. The summed E-state index contributed by atoms with van der Waals surface area (Å²) in [5.41, 5.74) is 1.76. The van der Waals surface area contributed by atoms with Crippen LogP contribution in [0.4, 0.5) is 27.6 Å². The number of halogens is 7. The topological polar surface area (TPSA) is 163 Å². The molecular formula is C30H24Cl2F5N9O4. The number of alkyl halides is 4. The van der Waals surface area contributed by atoms with Gasteiger partial charge in [-0.25, -0.2) is 23.2 Å². The number of pyridine rings is 1. The molecule has 4 aromatic heterocycles. The summed E-state index contributed by atoms with van der Waals surface area (Å²) in [6.45, 7) is 1.51. The molecule has 0 spiro atoms. The lowest BCUT2D eigenvalue weighted by Gasteiger charge is -2.24. The number of rotatable bonds is 3. The Morgan fingerprint density at radius 3 is 2.46 bits per heavy atom. The number of carboxylic acids is 1. The van der Waals surface area contributed by atoms with Crippen molar-refractivity contribution in [3.05, 3.63) is 87.3 Å². The number of carboxylic acid groups (broad SMARTS) is 1. The van der Waals surface area contributed by atoms with Crippen LogP contribution in [0.3, 0.4) is 0 Å². The maximum absolute atomic E-state index is 15.4. The number of aliphatic carboxylic acids is 1. The van der Waals surface area contributed by atoms with E-state index in [1.54, 1.807) is 30.1 Å². The van der Waals surface area contributed by atoms with Gasteiger partial charge in [0, 0.05) is 24.9 Å². The Labute approximate surface area is 288 Å². The Kier molecular flexibility index (Phi) is 10.3. The van der Waals surface area contributed by atoms with Crippen molar-refractivity contribution in [2.24, 2.45) is 13.0 Å². The normalized spacial score (nSPS) is 17.8. The highest BCUT2D eigenvalue weighted by Crippen LogP contribution is 2.35. The van der Waals surface area contributed by atoms with E-state index in [4.69, 9.17) is 33.1 Å². The van der Waals surface area contributed by atoms with Gasteiger partial charge in [0.25, 0.3) is 5.56 Å². The number of hydrogen-bond acceptors (Lipinski definition) is 8. The summed E-state index contributed by atoms with van der Waals surface area (Å²) >= 11 is 12.0. The summed E-state index contributed by atoms with van der Waals surface area (Å²) in [4.78, 5) is 44.3. The van der Waals surface area contributed by atoms with Gasteiger partial charge in [0.05, 0.1) is 69.7 Å². The number of aromatic nitrogens is 8. The van der Waals surface area contributed by atoms with Gasteiger partial charge in [0.1, 0.15) is 6.17 Å². The van der Waals surface area contributed by atoms with E-state index >= 15 is 8.78 Å². The molecule has 1 aromatic carbocycles. The van der Waals surface area contributed by atoms with Crippen LogP contribution in [0.2, 0.25) is 10.2 Å². The van der Waals surface area contributed by atoms with Crippen molar-refractivity contribution < 1.29 is 36.6 Å². The minimum atomic E-state index is -5.08. The number of fused-ring (bicyclic) bond motifs is 4. The second-order valence-corrected chi connectivity index (χ2v) is 11.7. The number of aryl methyl sites for hydroxylation is 1. The van der Waals surface area contributed by atoms with Gasteiger partial charge >= 0.3 is 12.1 Å². The van der Waals surface area contributed by atoms with Crippen molar-refractivity contribution in [3.63, 3.8) is 0 Å². The Bertz CT molecular complexity index is 2140. The summed E-state index contributed by atoms with van der Waals surface area (Å²) in [5.74, 6) is -5.02. The van der Waals surface area contributed by atoms with Crippen LogP contribution in [0, 0.1) is 11.7 Å². The van der Waals surface area contributed by atoms with Crippen LogP contribution in [-0.2, 0) is 16.6 Å². The first-order chi connectivity index (χ1) is 23.6. The van der Waals surface area contributed by atoms with E-state index in [9.17, 15) is 22.8 Å². The van der Waals surface area contributed by atoms with E-state index in [0.29, 0.717) is 22.6 Å². The van der Waals surface area contributed by atoms with Crippen molar-refractivity contribution in [2.45, 2.75) is 38.2 Å². The van der Waals surface area contributed by atoms with Crippen molar-refractivity contribution in [2.75, 3.05) is 5.32 Å². The minimum absolute atomic E-state index is 0.00840. The summed E-state index contributed by atoms with van der Waals surface area (Å²) in [6, 6.07) is 6.78. The van der Waals surface area contributed by atoms with E-state index in [2.05, 4.69) is 30.7 Å². The molecule has 1 aliphatic heterocycles. The van der Waals surface area contributed by atoms with E-state index in [0.717, 1.165) is 0 Å². The maximum atomic E-state index is 15.4. The third-order valence-electron chi connectivity index (χ3n) is 7.72. The summed E-state index contributed by atoms with van der Waals surface area (Å²) in [5, 5.41) is 21.7. The predicted molar refractivity (Wildman–Crippen MR) is 169 cm³/mol. The van der Waals surface area contributed by atoms with Crippen LogP contribution in [0.1, 0.15) is 31.5 Å². The molecular weight excluding hydrogens is 716 g/mol. The van der Waals surface area contributed by atoms with Gasteiger partial charge in [-0.1, -0.05) is 35.3 Å². The minimum Gasteiger partial charge on any atom is -0.475 e. The Balaban J connectivity index is 0.000000630. The van der Waals surface area contributed by atoms with Gasteiger partial charge in [0.15, 0.2) is 11.0 Å². The van der Waals surface area contributed by atoms with E-state index < -0.39 is 47.6 Å². The third kappa shape index (κ3) is 7.50. The number of anilines is 1. The first-order valence-corrected chi connectivity index (χ1v) is 15.2. The fourth-order valence-corrected chi connectivity index (χ4v) is 5.46. The third-order valence-corrected chi connectivity index (χ3v) is 8.19. The number of carbonyl (C=O) groups is 2. The molecule has 0 fully saturated rings. The first-order valence-electron chi connectivity index (χ1n) is 14.4. The summed E-state index contributed by atoms with van der Waals surface area (Å²) in [6.07, 6.45) is -0.796. The number of benzene rings is 1. The van der Waals surface area contributed by atoms with Crippen LogP contribution in [-0.4, -0.2) is 68.6 Å². The summed E-state index contributed by atoms with van der Waals surface area (Å²) < 4.78 is 66.6. The average molecular weight is 740 g/mol. The van der Waals surface area contributed by atoms with Crippen molar-refractivity contribution in [1.82, 2.24) is 39.3 Å². The van der Waals surface area contributed by atoms with Crippen molar-refractivity contribution in [3.8, 4) is 28.2 Å². The zero-order valence-electron chi connectivity index (χ0n) is 25.7. The van der Waals surface area contributed by atoms with Crippen LogP contribution in [0.5, 0.6) is 0 Å². The number of amides is 1. The molecule has 0 radical (unpaired) electrons. The van der Waals surface area contributed by atoms with Crippen molar-refractivity contribution in [1.29, 1.82) is 0 Å². The average Bonchev–Trinajstić information content (AvgIpc) is 3.66. The SMILES string of the molecule is C[C@@H]1C(=O)Nc2cnn(C)c2-c2ccnc(c2)[C@@H](n2cnc(-c3c(-n4cc(Cl)nn4)ccc(Cl)c3F)cc2=O)CCC1F.O=C(O)C(F)(F)F. The van der Waals surface area contributed by atoms with Crippen molar-refractivity contribution >= 4 is 40.8 Å². The molecule has 2 bridgehead atoms. The highest BCUT2D eigenvalue weighted by molar-refractivity contribution is 6.31. The van der Waals surface area contributed by atoms with Gasteiger partial charge in [-0.3, -0.25) is 23.8 Å². The van der Waals surface area contributed by atoms with Crippen LogP contribution in [0.25, 0.3) is 28.2 Å². The van der Waals surface area contributed by atoms with Gasteiger partial charge in [-0.05, 0) is 37.1 Å². The quantitative estimate of drug-likeness (QED) is 0.222. The predicted octanol–water partition coefficient (Wildman–Crippen LogP) is 5.66. The standard InChI is InChI=1S/C28H23Cl2F2N9O2.C2HF3O2/c1-14-17(31)4-6-21(18-9-15(7-8-33-18)27-20(36-28(14)43)11-35-39(27)2)40-13-34-19(10-24(40)42)25-22(5-3-16(29)26(25)32)41-12-23(30)37-38-41;3-2(4,5)1(6)7/h3,5,7-14,17,21H,4,6H2,1-2H3,(H,36,43);(H,6,7)/t14-,17?,21-;/m0./s1. The first kappa shape index (κ1) is 36.1. The smallest absolute Gasteiger partial charge is 0.475 e. The van der Waals surface area contributed by atoms with E-state index in [1.807, 2.05) is 0 Å². The fraction of sp³-hybridized carbons (Fsp3) is 0.267. The lowest BCUT2D eigenvalue weighted by molar-refractivity contribution is -0.192. The number of carbonyl (C=O) groups excluding carboxylic acids is 1. The van der Waals surface area contributed by atoms with Gasteiger partial charge in [-0.15, -0.1) is 5.10 Å². The molecule has 6 rings (SSSR count). The van der Waals surface area contributed by atoms with Crippen LogP contribution < -0.4 is 10.9 Å². The van der Waals surface area contributed by atoms with Crippen LogP contribution in [0.15, 0.2) is 60.0 Å². The van der Waals surface area contributed by atoms with Gasteiger partial charge < -0.3 is 10.4 Å². The molecule has 3 atom stereocenters. The molecule has 1 unspecified atom stereocenters. The highest BCUT2D eigenvalue weighted by atomic mass is 35.5. The Morgan fingerprint density at radius 1 is 1.10 bits per heavy atom. The molecule has 262 valence electrons. The lowest BCUT2D eigenvalue weighted by Crippen LogP contribution is -2.31. The van der Waals surface area contributed by atoms with Crippen LogP contribution >= 0.6 is 23.2 Å². The fourth-order valence-electron chi connectivity index (χ4n) is 5.17. The molecule has 0 aliphatic carbocycles. The second-order valence-electron chi connectivity index (χ2n) is 11.0. The Hall–Kier alpha value is -5.23. The molecule has 2 N–H and O–H groups in total. The molecule has 13 nitrogen and oxygen atoms in total. The number of nitrogens with one attached hydrogen (secondary N) is 1. The lowest BCUT2D eigenvalue weighted by atomic mass is 9.95. The molecule has 1 aliphatic rings. The molecule has 0 saturated heterocycles. The molecule has 20 heteroatoms. The number of hydrogen-bond donors (Lipinski definition) is 2. The van der Waals surface area contributed by atoms with E-state index in [-0.39, 0.29) is 40.0 Å². The maximum Gasteiger partial charge on any atom is 0.490 e. The Morgan fingerprint density at radius 2 is 1.82 bits per heavy atom. The molecule has 50 heavy (non-hydrogen) atoms. The zero-order chi connectivity index (χ0) is 36.5. The largest absolute Gasteiger partial charge is 0.490 e. The highest BCUT2D eigenvalue weighted by Gasteiger charge is 2.38. The molecule has 0 saturated carbocycles. The monoisotopic (exact) mass is 739 g/mol. The zero-order valence-corrected chi connectivity index (χ0v) is 27.2. The van der Waals surface area contributed by atoms with Gasteiger partial charge in [-0.2, -0.15) is 18.3 Å². The molecule has 1 amide bonds. The van der Waals surface area contributed by atoms with E-state index in [1.165, 1.54) is 53.1 Å². The molecule has 5 heterocycles. The second kappa shape index (κ2) is 14.3. The number of nitrogens with zero attached hydrogens (tertiary/aromatic N) is 8. The summed E-state index contributed by atoms with van der Waals surface area (Å²) in [7, 11) is 1.72.